The number of nitrogen functional groups attached to an aromatic ring is 1. The van der Waals surface area contributed by atoms with Gasteiger partial charge >= 0.3 is 0 Å². The number of aromatic nitrogens is 2. The Labute approximate surface area is 112 Å². The molecule has 98 valence electrons. The normalized spacial score (nSPS) is 10.2. The molecule has 5 heteroatoms. The van der Waals surface area contributed by atoms with E-state index in [0.29, 0.717) is 6.54 Å². The van der Waals surface area contributed by atoms with E-state index in [4.69, 9.17) is 5.73 Å². The Balaban J connectivity index is 2.14. The molecule has 2 aromatic rings. The highest BCUT2D eigenvalue weighted by Gasteiger charge is 2.14. The maximum absolute atomic E-state index is 12.2. The Morgan fingerprint density at radius 3 is 2.74 bits per heavy atom. The van der Waals surface area contributed by atoms with Crippen molar-refractivity contribution in [3.8, 4) is 0 Å². The van der Waals surface area contributed by atoms with Gasteiger partial charge in [-0.1, -0.05) is 24.3 Å². The van der Waals surface area contributed by atoms with Crippen LogP contribution in [0.5, 0.6) is 0 Å². The molecule has 0 unspecified atom stereocenters. The fourth-order valence-electron chi connectivity index (χ4n) is 1.79. The van der Waals surface area contributed by atoms with Gasteiger partial charge in [0.25, 0.3) is 5.91 Å². The molecule has 0 saturated heterocycles. The molecule has 0 fully saturated rings. The van der Waals surface area contributed by atoms with Gasteiger partial charge in [-0.2, -0.15) is 0 Å². The molecule has 2 rings (SSSR count). The van der Waals surface area contributed by atoms with Crippen molar-refractivity contribution in [1.29, 1.82) is 0 Å². The summed E-state index contributed by atoms with van der Waals surface area (Å²) in [5.41, 5.74) is 8.05. The third kappa shape index (κ3) is 3.07. The van der Waals surface area contributed by atoms with Crippen LogP contribution in [-0.2, 0) is 6.54 Å². The quantitative estimate of drug-likeness (QED) is 0.906. The van der Waals surface area contributed by atoms with E-state index < -0.39 is 0 Å². The number of benzene rings is 1. The molecule has 0 bridgehead atoms. The van der Waals surface area contributed by atoms with Gasteiger partial charge in [0, 0.05) is 13.6 Å². The average Bonchev–Trinajstić information content (AvgIpc) is 2.40. The third-order valence-electron chi connectivity index (χ3n) is 2.89. The van der Waals surface area contributed by atoms with E-state index in [1.807, 2.05) is 31.2 Å². The van der Waals surface area contributed by atoms with Crippen molar-refractivity contribution in [1.82, 2.24) is 14.9 Å². The molecule has 0 aliphatic rings. The highest BCUT2D eigenvalue weighted by molar-refractivity contribution is 5.92. The highest BCUT2D eigenvalue weighted by atomic mass is 16.2. The zero-order valence-electron chi connectivity index (χ0n) is 11.0. The molecule has 0 aliphatic heterocycles. The summed E-state index contributed by atoms with van der Waals surface area (Å²) >= 11 is 0. The summed E-state index contributed by atoms with van der Waals surface area (Å²) < 4.78 is 0. The van der Waals surface area contributed by atoms with Gasteiger partial charge in [-0.3, -0.25) is 9.78 Å². The van der Waals surface area contributed by atoms with E-state index in [1.165, 1.54) is 12.4 Å². The predicted octanol–water partition coefficient (Wildman–Crippen LogP) is 1.64. The molecule has 1 heterocycles. The van der Waals surface area contributed by atoms with Gasteiger partial charge in [0.15, 0.2) is 0 Å². The van der Waals surface area contributed by atoms with Gasteiger partial charge in [0.05, 0.1) is 12.4 Å². The van der Waals surface area contributed by atoms with Crippen LogP contribution in [0.1, 0.15) is 21.6 Å². The summed E-state index contributed by atoms with van der Waals surface area (Å²) in [5, 5.41) is 0. The number of carbonyl (C=O) groups is 1. The van der Waals surface area contributed by atoms with Crippen LogP contribution in [0.25, 0.3) is 0 Å². The van der Waals surface area contributed by atoms with Gasteiger partial charge in [-0.05, 0) is 18.1 Å². The number of anilines is 1. The van der Waals surface area contributed by atoms with Gasteiger partial charge in [-0.15, -0.1) is 0 Å². The molecule has 0 radical (unpaired) electrons. The van der Waals surface area contributed by atoms with Crippen molar-refractivity contribution in [3.63, 3.8) is 0 Å². The highest BCUT2D eigenvalue weighted by Crippen LogP contribution is 2.11. The Morgan fingerprint density at radius 2 is 2.05 bits per heavy atom. The fourth-order valence-corrected chi connectivity index (χ4v) is 1.79. The lowest BCUT2D eigenvalue weighted by Gasteiger charge is -2.18. The standard InChI is InChI=1S/C14H16N4O/c1-10-5-3-4-6-11(10)9-18(2)14(19)12-7-16-8-13(15)17-12/h3-8H,9H2,1-2H3,(H2,15,17). The van der Waals surface area contributed by atoms with Crippen molar-refractivity contribution in [2.75, 3.05) is 12.8 Å². The van der Waals surface area contributed by atoms with Gasteiger partial charge in [0.2, 0.25) is 0 Å². The molecule has 0 aliphatic carbocycles. The molecule has 1 aromatic carbocycles. The average molecular weight is 256 g/mol. The summed E-state index contributed by atoms with van der Waals surface area (Å²) in [5.74, 6) is 0.0539. The molecule has 0 atom stereocenters. The molecule has 0 spiro atoms. The minimum Gasteiger partial charge on any atom is -0.382 e. The predicted molar refractivity (Wildman–Crippen MR) is 73.4 cm³/mol. The number of nitrogens with zero attached hydrogens (tertiary/aromatic N) is 3. The first-order valence-corrected chi connectivity index (χ1v) is 5.95. The van der Waals surface area contributed by atoms with E-state index >= 15 is 0 Å². The first-order valence-electron chi connectivity index (χ1n) is 5.95. The summed E-state index contributed by atoms with van der Waals surface area (Å²) in [4.78, 5) is 21.6. The topological polar surface area (TPSA) is 72.1 Å². The zero-order chi connectivity index (χ0) is 13.8. The molecule has 1 amide bonds. The lowest BCUT2D eigenvalue weighted by Crippen LogP contribution is -2.27. The summed E-state index contributed by atoms with van der Waals surface area (Å²) in [6.45, 7) is 2.55. The van der Waals surface area contributed by atoms with Gasteiger partial charge < -0.3 is 10.6 Å². The van der Waals surface area contributed by atoms with Crippen LogP contribution >= 0.6 is 0 Å². The maximum Gasteiger partial charge on any atom is 0.274 e. The molecular formula is C14H16N4O. The lowest BCUT2D eigenvalue weighted by atomic mass is 10.1. The number of carbonyl (C=O) groups excluding carboxylic acids is 1. The largest absolute Gasteiger partial charge is 0.382 e. The molecule has 5 nitrogen and oxygen atoms in total. The van der Waals surface area contributed by atoms with Crippen LogP contribution in [0.3, 0.4) is 0 Å². The lowest BCUT2D eigenvalue weighted by molar-refractivity contribution is 0.0779. The first-order chi connectivity index (χ1) is 9.08. The minimum atomic E-state index is -0.192. The second-order valence-corrected chi connectivity index (χ2v) is 4.42. The van der Waals surface area contributed by atoms with Crippen LogP contribution in [0.4, 0.5) is 5.82 Å². The monoisotopic (exact) mass is 256 g/mol. The van der Waals surface area contributed by atoms with E-state index in [0.717, 1.165) is 11.1 Å². The molecule has 2 N–H and O–H groups in total. The van der Waals surface area contributed by atoms with E-state index in [9.17, 15) is 4.79 Å². The number of amides is 1. The Morgan fingerprint density at radius 1 is 1.32 bits per heavy atom. The third-order valence-corrected chi connectivity index (χ3v) is 2.89. The Kier molecular flexibility index (Phi) is 3.75. The van der Waals surface area contributed by atoms with Crippen LogP contribution < -0.4 is 5.73 Å². The van der Waals surface area contributed by atoms with Gasteiger partial charge in [0.1, 0.15) is 11.5 Å². The summed E-state index contributed by atoms with van der Waals surface area (Å²) in [6.07, 6.45) is 2.84. The number of rotatable bonds is 3. The minimum absolute atomic E-state index is 0.192. The Bertz CT molecular complexity index is 598. The SMILES string of the molecule is Cc1ccccc1CN(C)C(=O)c1cncc(N)n1. The fraction of sp³-hybridized carbons (Fsp3) is 0.214. The van der Waals surface area contributed by atoms with Crippen LogP contribution in [0.2, 0.25) is 0 Å². The smallest absolute Gasteiger partial charge is 0.274 e. The van der Waals surface area contributed by atoms with Crippen LogP contribution in [0.15, 0.2) is 36.7 Å². The van der Waals surface area contributed by atoms with E-state index in [-0.39, 0.29) is 17.4 Å². The van der Waals surface area contributed by atoms with Gasteiger partial charge in [-0.25, -0.2) is 4.98 Å². The molecule has 19 heavy (non-hydrogen) atoms. The number of hydrogen-bond donors (Lipinski definition) is 1. The second-order valence-electron chi connectivity index (χ2n) is 4.42. The number of nitrogens with two attached hydrogens (primary N) is 1. The van der Waals surface area contributed by atoms with E-state index in [1.54, 1.807) is 11.9 Å². The Hall–Kier alpha value is -2.43. The number of aryl methyl sites for hydroxylation is 1. The molecule has 1 aromatic heterocycles. The van der Waals surface area contributed by atoms with Crippen LogP contribution in [-0.4, -0.2) is 27.8 Å². The van der Waals surface area contributed by atoms with E-state index in [2.05, 4.69) is 9.97 Å². The summed E-state index contributed by atoms with van der Waals surface area (Å²) in [7, 11) is 1.74. The van der Waals surface area contributed by atoms with Crippen LogP contribution in [0, 0.1) is 6.92 Å². The molecule has 0 saturated carbocycles. The number of hydrogen-bond acceptors (Lipinski definition) is 4. The van der Waals surface area contributed by atoms with Crippen molar-refractivity contribution >= 4 is 11.7 Å². The molecular weight excluding hydrogens is 240 g/mol. The maximum atomic E-state index is 12.2. The second kappa shape index (κ2) is 5.48. The van der Waals surface area contributed by atoms with Crippen molar-refractivity contribution in [3.05, 3.63) is 53.5 Å². The summed E-state index contributed by atoms with van der Waals surface area (Å²) in [6, 6.07) is 7.96. The van der Waals surface area contributed by atoms with Crippen molar-refractivity contribution < 1.29 is 4.79 Å². The first kappa shape index (κ1) is 13.0. The van der Waals surface area contributed by atoms with Crippen molar-refractivity contribution in [2.24, 2.45) is 0 Å². The van der Waals surface area contributed by atoms with Crippen molar-refractivity contribution in [2.45, 2.75) is 13.5 Å². The zero-order valence-corrected chi connectivity index (χ0v) is 11.0.